The summed E-state index contributed by atoms with van der Waals surface area (Å²) in [5.74, 6) is 2.33. The minimum Gasteiger partial charge on any atom is -0.445 e. The Labute approximate surface area is 292 Å². The van der Waals surface area contributed by atoms with Gasteiger partial charge in [0, 0.05) is 6.54 Å². The summed E-state index contributed by atoms with van der Waals surface area (Å²) in [6.07, 6.45) is 10.6. The van der Waals surface area contributed by atoms with E-state index in [0.29, 0.717) is 41.7 Å². The number of amides is 3. The number of nitrogens with two attached hydrogens (primary N) is 1. The summed E-state index contributed by atoms with van der Waals surface area (Å²) < 4.78 is 17.6. The molecule has 0 heterocycles. The molecule has 3 N–H and O–H groups in total. The Morgan fingerprint density at radius 1 is 0.880 bits per heavy atom. The third kappa shape index (κ3) is 7.72. The molecule has 8 bridgehead atoms. The summed E-state index contributed by atoms with van der Waals surface area (Å²) in [7, 11) is 0. The van der Waals surface area contributed by atoms with Crippen molar-refractivity contribution in [3.8, 4) is 0 Å². The molecule has 13 heteroatoms. The van der Waals surface area contributed by atoms with Crippen LogP contribution >= 0.6 is 0 Å². The van der Waals surface area contributed by atoms with Crippen molar-refractivity contribution in [3.05, 3.63) is 41.4 Å². The molecule has 9 rings (SSSR count). The number of hydrogen-bond acceptors (Lipinski definition) is 7. The summed E-state index contributed by atoms with van der Waals surface area (Å²) in [4.78, 5) is 60.7. The lowest BCUT2D eigenvalue weighted by atomic mass is 9.54. The van der Waals surface area contributed by atoms with Crippen molar-refractivity contribution in [2.75, 3.05) is 6.54 Å². The second-order valence-electron chi connectivity index (χ2n) is 16.1. The lowest BCUT2D eigenvalue weighted by Gasteiger charge is -2.55. The summed E-state index contributed by atoms with van der Waals surface area (Å²) in [5.41, 5.74) is 15.1. The Morgan fingerprint density at radius 2 is 1.40 bits per heavy atom. The van der Waals surface area contributed by atoms with Crippen LogP contribution in [-0.2, 0) is 25.6 Å². The van der Waals surface area contributed by atoms with Gasteiger partial charge in [-0.2, -0.15) is 4.79 Å². The van der Waals surface area contributed by atoms with Crippen molar-refractivity contribution in [1.29, 1.82) is 0 Å². The predicted molar refractivity (Wildman–Crippen MR) is 181 cm³/mol. The second kappa shape index (κ2) is 14.2. The normalized spacial score (nSPS) is 33.6. The molecule has 13 nitrogen and oxygen atoms in total. The van der Waals surface area contributed by atoms with E-state index < -0.39 is 41.3 Å². The van der Waals surface area contributed by atoms with Crippen LogP contribution in [0.2, 0.25) is 0 Å². The quantitative estimate of drug-likeness (QED) is 0.0966. The Hall–Kier alpha value is -4.25. The largest absolute Gasteiger partial charge is 0.445 e. The van der Waals surface area contributed by atoms with Gasteiger partial charge in [0.25, 0.3) is 5.78 Å². The van der Waals surface area contributed by atoms with Gasteiger partial charge >= 0.3 is 24.5 Å². The fourth-order valence-electron chi connectivity index (χ4n) is 11.0. The first kappa shape index (κ1) is 34.2. The van der Waals surface area contributed by atoms with Gasteiger partial charge in [-0.1, -0.05) is 30.3 Å². The van der Waals surface area contributed by atoms with Crippen LogP contribution in [0.15, 0.2) is 35.3 Å². The van der Waals surface area contributed by atoms with Crippen LogP contribution in [0.25, 0.3) is 5.53 Å². The monoisotopic (exact) mass is 688 g/mol. The van der Waals surface area contributed by atoms with Gasteiger partial charge in [-0.3, -0.25) is 4.79 Å². The molecule has 50 heavy (non-hydrogen) atoms. The zero-order valence-electron chi connectivity index (χ0n) is 28.5. The van der Waals surface area contributed by atoms with Gasteiger partial charge < -0.3 is 30.8 Å². The van der Waals surface area contributed by atoms with Gasteiger partial charge in [0.15, 0.2) is 0 Å². The lowest BCUT2D eigenvalue weighted by Crippen LogP contribution is -2.55. The molecule has 1 atom stereocenters. The number of nitrogens with one attached hydrogen (secondary N) is 1. The predicted octanol–water partition coefficient (Wildman–Crippen LogP) is 5.76. The van der Waals surface area contributed by atoms with Crippen LogP contribution in [0.5, 0.6) is 0 Å². The Balaban J connectivity index is 1.03. The number of nitrogens with zero attached hydrogens (tertiary/aromatic N) is 4. The van der Waals surface area contributed by atoms with Crippen LogP contribution in [0.3, 0.4) is 0 Å². The molecule has 1 aromatic carbocycles. The Bertz CT molecular complexity index is 1490. The third-order valence-electron chi connectivity index (χ3n) is 12.2. The van der Waals surface area contributed by atoms with Crippen molar-refractivity contribution >= 4 is 36.2 Å². The van der Waals surface area contributed by atoms with Crippen LogP contribution in [0.1, 0.15) is 95.5 Å². The van der Waals surface area contributed by atoms with Gasteiger partial charge in [-0.15, -0.1) is 4.99 Å². The molecule has 0 aliphatic heterocycles. The van der Waals surface area contributed by atoms with Crippen molar-refractivity contribution in [1.82, 2.24) is 10.2 Å². The molecule has 0 unspecified atom stereocenters. The number of guanidine groups is 1. The molecule has 0 spiro atoms. The maximum atomic E-state index is 14.0. The van der Waals surface area contributed by atoms with Crippen LogP contribution in [-0.4, -0.2) is 69.7 Å². The van der Waals surface area contributed by atoms with Crippen molar-refractivity contribution < 1.29 is 38.2 Å². The number of ketones is 1. The summed E-state index contributed by atoms with van der Waals surface area (Å²) in [5, 5.41) is 2.53. The Morgan fingerprint density at radius 3 is 1.92 bits per heavy atom. The van der Waals surface area contributed by atoms with Gasteiger partial charge in [0.05, 0.1) is 0 Å². The highest BCUT2D eigenvalue weighted by Crippen LogP contribution is 2.58. The molecule has 1 aromatic rings. The zero-order chi connectivity index (χ0) is 34.9. The van der Waals surface area contributed by atoms with E-state index in [1.165, 1.54) is 38.5 Å². The first-order valence-corrected chi connectivity index (χ1v) is 18.3. The summed E-state index contributed by atoms with van der Waals surface area (Å²) in [6, 6.07) is 7.97. The number of aliphatic imine (C=N–C) groups is 1. The van der Waals surface area contributed by atoms with Gasteiger partial charge in [-0.05, 0) is 131 Å². The number of alkyl carbamates (subject to hydrolysis) is 1. The first-order chi connectivity index (χ1) is 24.1. The molecule has 8 aliphatic rings. The van der Waals surface area contributed by atoms with E-state index in [2.05, 4.69) is 15.1 Å². The molecule has 8 aliphatic carbocycles. The zero-order valence-corrected chi connectivity index (χ0v) is 28.5. The average Bonchev–Trinajstić information content (AvgIpc) is 3.03. The Kier molecular flexibility index (Phi) is 9.69. The van der Waals surface area contributed by atoms with Crippen LogP contribution in [0.4, 0.5) is 14.4 Å². The number of rotatable bonds is 11. The molecule has 0 aromatic heterocycles. The van der Waals surface area contributed by atoms with Crippen molar-refractivity contribution in [2.24, 2.45) is 46.2 Å². The number of carbonyl (C=O) groups excluding carboxylic acids is 4. The highest BCUT2D eigenvalue weighted by molar-refractivity contribution is 6.28. The summed E-state index contributed by atoms with van der Waals surface area (Å²) in [6.45, 7) is -0.0517. The molecule has 8 fully saturated rings. The fourth-order valence-corrected chi connectivity index (χ4v) is 11.0. The standard InChI is InChI=1S/C37H48N6O7/c38-32(42-34(46)49-36-15-24-9-25(16-36)11-26(10-24)17-36)43(35(47)50-37-18-27-12-28(19-37)14-29(13-27)20-37)8-4-7-30(31(44)21-40-39)41-33(45)48-22-23-5-2-1-3-6-23/h1-3,5-6,21,24-30H,4,7-20,22H2,(H,41,45)(H2,38,42,46)/t24?,25?,26?,27?,28?,29?,30-,36?,37?/m0/s1. The van der Waals surface area contributed by atoms with E-state index >= 15 is 0 Å². The number of carbonyl (C=O) groups is 4. The van der Waals surface area contributed by atoms with Gasteiger partial charge in [0.1, 0.15) is 23.9 Å². The third-order valence-corrected chi connectivity index (χ3v) is 12.2. The van der Waals surface area contributed by atoms with E-state index in [4.69, 9.17) is 25.5 Å². The molecule has 3 amide bonds. The molecule has 0 saturated heterocycles. The molecule has 268 valence electrons. The van der Waals surface area contributed by atoms with E-state index in [1.807, 2.05) is 18.2 Å². The molecular weight excluding hydrogens is 640 g/mol. The minimum absolute atomic E-state index is 0.00202. The fraction of sp³-hybridized carbons (Fsp3) is 0.676. The SMILES string of the molecule is [N-]=[N+]=CC(=O)[C@H](CCCN(C(=O)OC12CC3CC(CC(C3)C1)C2)/C(N)=N/C(=O)OC12CC3CC(CC(C3)C1)C2)NC(=O)OCc1ccccc1. The second-order valence-corrected chi connectivity index (χ2v) is 16.1. The molecular formula is C37H48N6O7. The number of ether oxygens (including phenoxy) is 3. The van der Waals surface area contributed by atoms with Crippen molar-refractivity contribution in [3.63, 3.8) is 0 Å². The van der Waals surface area contributed by atoms with Gasteiger partial charge in [-0.25, -0.2) is 19.3 Å². The highest BCUT2D eigenvalue weighted by atomic mass is 16.6. The highest BCUT2D eigenvalue weighted by Gasteiger charge is 2.55. The van der Waals surface area contributed by atoms with E-state index in [0.717, 1.165) is 49.0 Å². The van der Waals surface area contributed by atoms with E-state index in [1.54, 1.807) is 12.1 Å². The van der Waals surface area contributed by atoms with Crippen molar-refractivity contribution in [2.45, 2.75) is 114 Å². The van der Waals surface area contributed by atoms with E-state index in [9.17, 15) is 19.2 Å². The number of hydrogen-bond donors (Lipinski definition) is 2. The lowest BCUT2D eigenvalue weighted by molar-refractivity contribution is -0.131. The summed E-state index contributed by atoms with van der Waals surface area (Å²) >= 11 is 0. The topological polar surface area (TPSA) is 186 Å². The molecule has 0 radical (unpaired) electrons. The minimum atomic E-state index is -1.12. The van der Waals surface area contributed by atoms with E-state index in [-0.39, 0.29) is 32.0 Å². The molecule has 8 saturated carbocycles. The van der Waals surface area contributed by atoms with Crippen LogP contribution in [0, 0.1) is 35.5 Å². The number of Topliss-reactive ketones (excluding diaryl/α,β-unsaturated/α-hetero) is 1. The maximum absolute atomic E-state index is 14.0. The van der Waals surface area contributed by atoms with Gasteiger partial charge in [0.2, 0.25) is 5.96 Å². The van der Waals surface area contributed by atoms with Crippen LogP contribution < -0.4 is 11.1 Å². The first-order valence-electron chi connectivity index (χ1n) is 18.3. The number of benzene rings is 1. The smallest absolute Gasteiger partial charge is 0.437 e. The average molecular weight is 689 g/mol. The maximum Gasteiger partial charge on any atom is 0.437 e.